The summed E-state index contributed by atoms with van der Waals surface area (Å²) in [5, 5.41) is 10.3. The molecule has 1 saturated heterocycles. The van der Waals surface area contributed by atoms with Crippen LogP contribution < -0.4 is 0 Å². The van der Waals surface area contributed by atoms with E-state index in [-0.39, 0.29) is 18.0 Å². The van der Waals surface area contributed by atoms with Crippen LogP contribution in [0, 0.1) is 17.8 Å². The molecule has 18 heavy (non-hydrogen) atoms. The standard InChI is InChI=1S/C15H18O3/c1-7-4-12(16)14-9(3)15(17)18-13(14)5-8(2)11-6-10(7)11/h5,10-14,16H,1,3-4,6H2,2H3/b8-5-/t10-,11+,12-,13-,14-/m1/s1. The predicted octanol–water partition coefficient (Wildman–Crippen LogP) is 1.99. The Hall–Kier alpha value is -1.35. The van der Waals surface area contributed by atoms with Crippen LogP contribution in [-0.4, -0.2) is 23.3 Å². The Morgan fingerprint density at radius 2 is 2.11 bits per heavy atom. The average molecular weight is 246 g/mol. The largest absolute Gasteiger partial charge is 0.454 e. The fraction of sp³-hybridized carbons (Fsp3) is 0.533. The van der Waals surface area contributed by atoms with Gasteiger partial charge >= 0.3 is 5.97 Å². The number of hydrogen-bond acceptors (Lipinski definition) is 3. The molecule has 3 heteroatoms. The zero-order valence-electron chi connectivity index (χ0n) is 10.6. The van der Waals surface area contributed by atoms with Gasteiger partial charge in [-0.1, -0.05) is 24.3 Å². The topological polar surface area (TPSA) is 46.5 Å². The Labute approximate surface area is 107 Å². The first-order valence-electron chi connectivity index (χ1n) is 6.43. The maximum atomic E-state index is 11.6. The van der Waals surface area contributed by atoms with E-state index in [1.54, 1.807) is 0 Å². The maximum Gasteiger partial charge on any atom is 0.334 e. The monoisotopic (exact) mass is 246 g/mol. The molecular weight excluding hydrogens is 228 g/mol. The number of carbonyl (C=O) groups excluding carboxylic acids is 1. The average Bonchev–Trinajstić information content (AvgIpc) is 3.02. The molecule has 5 atom stereocenters. The van der Waals surface area contributed by atoms with Gasteiger partial charge in [0.2, 0.25) is 0 Å². The lowest BCUT2D eigenvalue weighted by Gasteiger charge is -2.21. The van der Waals surface area contributed by atoms with Gasteiger partial charge in [0.05, 0.1) is 12.0 Å². The highest BCUT2D eigenvalue weighted by Crippen LogP contribution is 2.51. The molecule has 0 unspecified atom stereocenters. The van der Waals surface area contributed by atoms with E-state index in [0.29, 0.717) is 23.8 Å². The maximum absolute atomic E-state index is 11.6. The normalized spacial score (nSPS) is 46.0. The van der Waals surface area contributed by atoms with Gasteiger partial charge in [-0.25, -0.2) is 4.79 Å². The van der Waals surface area contributed by atoms with Gasteiger partial charge in [-0.3, -0.25) is 0 Å². The molecule has 3 aliphatic rings. The van der Waals surface area contributed by atoms with E-state index in [4.69, 9.17) is 4.74 Å². The van der Waals surface area contributed by atoms with Crippen LogP contribution in [0.25, 0.3) is 0 Å². The summed E-state index contributed by atoms with van der Waals surface area (Å²) in [6, 6.07) is 0. The first-order valence-corrected chi connectivity index (χ1v) is 6.43. The van der Waals surface area contributed by atoms with Crippen LogP contribution in [0.4, 0.5) is 0 Å². The number of aliphatic hydroxyl groups excluding tert-OH is 1. The van der Waals surface area contributed by atoms with Gasteiger partial charge in [0, 0.05) is 5.57 Å². The van der Waals surface area contributed by atoms with Crippen LogP contribution in [0.15, 0.2) is 36.0 Å². The fourth-order valence-electron chi connectivity index (χ4n) is 3.27. The van der Waals surface area contributed by atoms with Gasteiger partial charge in [-0.05, 0) is 37.7 Å². The zero-order chi connectivity index (χ0) is 13.0. The van der Waals surface area contributed by atoms with Crippen molar-refractivity contribution < 1.29 is 14.6 Å². The molecule has 96 valence electrons. The molecular formula is C15H18O3. The van der Waals surface area contributed by atoms with Crippen molar-refractivity contribution in [2.24, 2.45) is 17.8 Å². The van der Waals surface area contributed by atoms with Gasteiger partial charge in [-0.2, -0.15) is 0 Å². The third kappa shape index (κ3) is 1.65. The summed E-state index contributed by atoms with van der Waals surface area (Å²) in [6.45, 7) is 9.91. The van der Waals surface area contributed by atoms with E-state index in [1.807, 2.05) is 6.08 Å². The second-order valence-corrected chi connectivity index (χ2v) is 5.71. The smallest absolute Gasteiger partial charge is 0.334 e. The number of carbonyl (C=O) groups is 1. The first-order chi connectivity index (χ1) is 8.49. The van der Waals surface area contributed by atoms with Crippen LogP contribution >= 0.6 is 0 Å². The summed E-state index contributed by atoms with van der Waals surface area (Å²) in [4.78, 5) is 11.6. The van der Waals surface area contributed by atoms with Crippen molar-refractivity contribution in [2.75, 3.05) is 0 Å². The second kappa shape index (κ2) is 3.82. The third-order valence-corrected chi connectivity index (χ3v) is 4.47. The predicted molar refractivity (Wildman–Crippen MR) is 67.6 cm³/mol. The van der Waals surface area contributed by atoms with E-state index in [9.17, 15) is 9.90 Å². The van der Waals surface area contributed by atoms with Gasteiger partial charge in [0.1, 0.15) is 6.10 Å². The van der Waals surface area contributed by atoms with E-state index in [0.717, 1.165) is 12.0 Å². The Kier molecular flexibility index (Phi) is 2.49. The van der Waals surface area contributed by atoms with E-state index < -0.39 is 6.10 Å². The highest BCUT2D eigenvalue weighted by atomic mass is 16.6. The number of ether oxygens (including phenoxy) is 1. The summed E-state index contributed by atoms with van der Waals surface area (Å²) in [6.07, 6.45) is 2.67. The van der Waals surface area contributed by atoms with Crippen LogP contribution in [0.5, 0.6) is 0 Å². The Morgan fingerprint density at radius 1 is 1.39 bits per heavy atom. The number of fused-ring (bicyclic) bond motifs is 2. The summed E-state index contributed by atoms with van der Waals surface area (Å²) < 4.78 is 5.31. The van der Waals surface area contributed by atoms with Crippen molar-refractivity contribution in [1.29, 1.82) is 0 Å². The fourth-order valence-corrected chi connectivity index (χ4v) is 3.27. The minimum atomic E-state index is -0.621. The highest BCUT2D eigenvalue weighted by Gasteiger charge is 2.47. The molecule has 1 saturated carbocycles. The van der Waals surface area contributed by atoms with E-state index in [2.05, 4.69) is 20.1 Å². The number of aliphatic hydroxyl groups is 1. The molecule has 0 aromatic heterocycles. The molecule has 1 heterocycles. The van der Waals surface area contributed by atoms with Gasteiger partial charge < -0.3 is 9.84 Å². The van der Waals surface area contributed by atoms with Crippen molar-refractivity contribution in [3.8, 4) is 0 Å². The molecule has 0 amide bonds. The van der Waals surface area contributed by atoms with Crippen molar-refractivity contribution in [2.45, 2.75) is 32.0 Å². The van der Waals surface area contributed by atoms with E-state index in [1.165, 1.54) is 5.57 Å². The van der Waals surface area contributed by atoms with Gasteiger partial charge in [0.25, 0.3) is 0 Å². The van der Waals surface area contributed by atoms with Crippen LogP contribution in [0.3, 0.4) is 0 Å². The number of hydrogen-bond donors (Lipinski definition) is 1. The molecule has 0 radical (unpaired) electrons. The first kappa shape index (κ1) is 11.7. The lowest BCUT2D eigenvalue weighted by Crippen LogP contribution is -2.28. The number of allylic oxidation sites excluding steroid dienone is 1. The summed E-state index contributed by atoms with van der Waals surface area (Å²) in [5.41, 5.74) is 2.72. The molecule has 1 N–H and O–H groups in total. The molecule has 0 bridgehead atoms. The SMILES string of the molecule is C=C1C(=O)O[C@@H]2/C=C(/C)[C@@H]3C[C@@H]3C(=C)C[C@@H](O)[C@@H]12. The molecule has 3 nitrogen and oxygen atoms in total. The zero-order valence-corrected chi connectivity index (χ0v) is 10.6. The van der Waals surface area contributed by atoms with Crippen molar-refractivity contribution in [3.63, 3.8) is 0 Å². The van der Waals surface area contributed by atoms with Crippen LogP contribution in [-0.2, 0) is 9.53 Å². The van der Waals surface area contributed by atoms with Gasteiger partial charge in [0.15, 0.2) is 0 Å². The molecule has 3 rings (SSSR count). The lowest BCUT2D eigenvalue weighted by molar-refractivity contribution is -0.137. The Bertz CT molecular complexity index is 474. The minimum absolute atomic E-state index is 0.318. The molecule has 0 aromatic rings. The summed E-state index contributed by atoms with van der Waals surface area (Å²) in [5.74, 6) is 0.322. The lowest BCUT2D eigenvalue weighted by atomic mass is 9.87. The molecule has 1 aliphatic heterocycles. The molecule has 2 fully saturated rings. The van der Waals surface area contributed by atoms with E-state index >= 15 is 0 Å². The van der Waals surface area contributed by atoms with Gasteiger partial charge in [-0.15, -0.1) is 0 Å². The van der Waals surface area contributed by atoms with Crippen molar-refractivity contribution >= 4 is 5.97 Å². The number of rotatable bonds is 0. The summed E-state index contributed by atoms with van der Waals surface area (Å²) in [7, 11) is 0. The highest BCUT2D eigenvalue weighted by molar-refractivity contribution is 5.91. The minimum Gasteiger partial charge on any atom is -0.454 e. The van der Waals surface area contributed by atoms with Crippen LogP contribution in [0.1, 0.15) is 19.8 Å². The third-order valence-electron chi connectivity index (χ3n) is 4.47. The molecule has 0 spiro atoms. The van der Waals surface area contributed by atoms with Crippen molar-refractivity contribution in [1.82, 2.24) is 0 Å². The quantitative estimate of drug-likeness (QED) is 0.404. The number of esters is 1. The summed E-state index contributed by atoms with van der Waals surface area (Å²) >= 11 is 0. The second-order valence-electron chi connectivity index (χ2n) is 5.71. The molecule has 0 aromatic carbocycles. The Morgan fingerprint density at radius 3 is 2.83 bits per heavy atom. The van der Waals surface area contributed by atoms with Crippen LogP contribution in [0.2, 0.25) is 0 Å². The Balaban J connectivity index is 1.98. The van der Waals surface area contributed by atoms with Crippen molar-refractivity contribution in [3.05, 3.63) is 36.0 Å². The molecule has 2 aliphatic carbocycles.